The molecule has 0 aromatic heterocycles. The number of rotatable bonds is 5. The molecule has 1 amide bonds. The minimum Gasteiger partial charge on any atom is -0.322 e. The van der Waals surface area contributed by atoms with Crippen molar-refractivity contribution >= 4 is 17.7 Å². The molecule has 0 spiro atoms. The molecule has 1 heterocycles. The van der Waals surface area contributed by atoms with E-state index in [4.69, 9.17) is 0 Å². The molecule has 2 unspecified atom stereocenters. The Balaban J connectivity index is 2.12. The molecule has 2 rings (SSSR count). The van der Waals surface area contributed by atoms with Crippen molar-refractivity contribution in [2.75, 3.05) is 19.3 Å². The van der Waals surface area contributed by atoms with Crippen LogP contribution in [0.2, 0.25) is 0 Å². The van der Waals surface area contributed by atoms with Crippen molar-refractivity contribution in [3.05, 3.63) is 35.4 Å². The maximum absolute atomic E-state index is 13.3. The monoisotopic (exact) mass is 300 g/mol. The van der Waals surface area contributed by atoms with Crippen LogP contribution in [-0.2, 0) is 4.79 Å². The molecular formula is C14H18F2N2OS. The van der Waals surface area contributed by atoms with Crippen LogP contribution in [0.5, 0.6) is 0 Å². The summed E-state index contributed by atoms with van der Waals surface area (Å²) in [7, 11) is 0. The number of thioether (sulfide) groups is 1. The molecule has 1 aliphatic rings. The van der Waals surface area contributed by atoms with Gasteiger partial charge < -0.3 is 4.90 Å². The van der Waals surface area contributed by atoms with Crippen LogP contribution >= 0.6 is 11.8 Å². The standard InChI is InChI=1S/C14H18F2N2OS/c1-9(20-2)5-6-18-13(19)8-17-14(18)10-3-4-11(15)12(16)7-10/h3-4,7,9,14,17H,5-6,8H2,1-2H3. The number of amides is 1. The Morgan fingerprint density at radius 3 is 2.85 bits per heavy atom. The third-order valence-corrected chi connectivity index (χ3v) is 4.56. The molecule has 1 saturated heterocycles. The fraction of sp³-hybridized carbons (Fsp3) is 0.500. The van der Waals surface area contributed by atoms with E-state index in [1.54, 1.807) is 16.7 Å². The molecule has 0 bridgehead atoms. The number of carbonyl (C=O) groups excluding carboxylic acids is 1. The summed E-state index contributed by atoms with van der Waals surface area (Å²) in [6, 6.07) is 3.76. The van der Waals surface area contributed by atoms with Crippen molar-refractivity contribution in [2.24, 2.45) is 0 Å². The zero-order chi connectivity index (χ0) is 14.7. The molecule has 1 aromatic rings. The second-order valence-corrected chi connectivity index (χ2v) is 6.16. The van der Waals surface area contributed by atoms with Gasteiger partial charge in [0.1, 0.15) is 6.17 Å². The van der Waals surface area contributed by atoms with E-state index in [1.165, 1.54) is 6.07 Å². The summed E-state index contributed by atoms with van der Waals surface area (Å²) < 4.78 is 26.3. The van der Waals surface area contributed by atoms with Gasteiger partial charge in [-0.1, -0.05) is 13.0 Å². The van der Waals surface area contributed by atoms with Gasteiger partial charge in [-0.15, -0.1) is 0 Å². The van der Waals surface area contributed by atoms with Crippen molar-refractivity contribution in [1.82, 2.24) is 10.2 Å². The Kier molecular flexibility index (Phi) is 4.99. The smallest absolute Gasteiger partial charge is 0.238 e. The first-order valence-electron chi connectivity index (χ1n) is 6.53. The summed E-state index contributed by atoms with van der Waals surface area (Å²) in [6.45, 7) is 2.94. The highest BCUT2D eigenvalue weighted by atomic mass is 32.2. The van der Waals surface area contributed by atoms with Crippen molar-refractivity contribution in [3.8, 4) is 0 Å². The van der Waals surface area contributed by atoms with Crippen LogP contribution in [-0.4, -0.2) is 35.4 Å². The number of halogens is 2. The topological polar surface area (TPSA) is 32.3 Å². The molecule has 1 N–H and O–H groups in total. The summed E-state index contributed by atoms with van der Waals surface area (Å²) in [5, 5.41) is 3.49. The van der Waals surface area contributed by atoms with Gasteiger partial charge in [-0.3, -0.25) is 10.1 Å². The molecule has 1 aromatic carbocycles. The summed E-state index contributed by atoms with van der Waals surface area (Å²) in [4.78, 5) is 13.6. The van der Waals surface area contributed by atoms with E-state index in [1.807, 2.05) is 6.26 Å². The van der Waals surface area contributed by atoms with Gasteiger partial charge in [-0.2, -0.15) is 11.8 Å². The number of nitrogens with one attached hydrogen (secondary N) is 1. The fourth-order valence-electron chi connectivity index (χ4n) is 2.21. The predicted molar refractivity (Wildman–Crippen MR) is 76.4 cm³/mol. The van der Waals surface area contributed by atoms with Gasteiger partial charge in [-0.25, -0.2) is 8.78 Å². The highest BCUT2D eigenvalue weighted by Crippen LogP contribution is 2.25. The fourth-order valence-corrected chi connectivity index (χ4v) is 2.55. The molecule has 0 saturated carbocycles. The normalized spacial score (nSPS) is 20.5. The van der Waals surface area contributed by atoms with Gasteiger partial charge in [0.2, 0.25) is 5.91 Å². The van der Waals surface area contributed by atoms with Crippen LogP contribution in [0.3, 0.4) is 0 Å². The Morgan fingerprint density at radius 1 is 1.45 bits per heavy atom. The highest BCUT2D eigenvalue weighted by Gasteiger charge is 2.31. The zero-order valence-corrected chi connectivity index (χ0v) is 12.3. The van der Waals surface area contributed by atoms with E-state index in [0.717, 1.165) is 18.6 Å². The zero-order valence-electron chi connectivity index (χ0n) is 11.5. The lowest BCUT2D eigenvalue weighted by Gasteiger charge is -2.25. The summed E-state index contributed by atoms with van der Waals surface area (Å²) in [5.74, 6) is -1.77. The van der Waals surface area contributed by atoms with E-state index in [9.17, 15) is 13.6 Å². The molecule has 2 atom stereocenters. The van der Waals surface area contributed by atoms with Crippen molar-refractivity contribution in [1.29, 1.82) is 0 Å². The van der Waals surface area contributed by atoms with E-state index < -0.39 is 11.6 Å². The lowest BCUT2D eigenvalue weighted by Crippen LogP contribution is -2.32. The summed E-state index contributed by atoms with van der Waals surface area (Å²) >= 11 is 1.74. The van der Waals surface area contributed by atoms with Crippen LogP contribution < -0.4 is 5.32 Å². The molecule has 0 radical (unpaired) electrons. The number of nitrogens with zero attached hydrogens (tertiary/aromatic N) is 1. The van der Waals surface area contributed by atoms with Gasteiger partial charge in [0, 0.05) is 11.8 Å². The van der Waals surface area contributed by atoms with Crippen LogP contribution in [0.25, 0.3) is 0 Å². The highest BCUT2D eigenvalue weighted by molar-refractivity contribution is 7.99. The Labute approximate surface area is 121 Å². The molecular weight excluding hydrogens is 282 g/mol. The number of hydrogen-bond acceptors (Lipinski definition) is 3. The molecule has 6 heteroatoms. The molecule has 1 aliphatic heterocycles. The minimum atomic E-state index is -0.888. The Morgan fingerprint density at radius 2 is 2.20 bits per heavy atom. The molecule has 1 fully saturated rings. The maximum atomic E-state index is 13.3. The summed E-state index contributed by atoms with van der Waals surface area (Å²) in [5.41, 5.74) is 0.576. The number of benzene rings is 1. The minimum absolute atomic E-state index is 0.00645. The lowest BCUT2D eigenvalue weighted by atomic mass is 10.1. The van der Waals surface area contributed by atoms with Gasteiger partial charge in [0.05, 0.1) is 6.54 Å². The first kappa shape index (κ1) is 15.3. The quantitative estimate of drug-likeness (QED) is 0.907. The summed E-state index contributed by atoms with van der Waals surface area (Å²) in [6.07, 6.45) is 2.53. The van der Waals surface area contributed by atoms with E-state index in [-0.39, 0.29) is 18.6 Å². The van der Waals surface area contributed by atoms with Gasteiger partial charge in [0.25, 0.3) is 0 Å². The molecule has 20 heavy (non-hydrogen) atoms. The Hall–Kier alpha value is -1.14. The van der Waals surface area contributed by atoms with Crippen LogP contribution in [0.1, 0.15) is 25.1 Å². The number of hydrogen-bond donors (Lipinski definition) is 1. The van der Waals surface area contributed by atoms with Crippen molar-refractivity contribution in [2.45, 2.75) is 24.8 Å². The molecule has 110 valence electrons. The average molecular weight is 300 g/mol. The molecule has 0 aliphatic carbocycles. The first-order chi connectivity index (χ1) is 9.52. The first-order valence-corrected chi connectivity index (χ1v) is 7.82. The average Bonchev–Trinajstić information content (AvgIpc) is 2.80. The van der Waals surface area contributed by atoms with E-state index in [2.05, 4.69) is 12.2 Å². The molecule has 3 nitrogen and oxygen atoms in total. The second-order valence-electron chi connectivity index (χ2n) is 4.88. The number of carbonyl (C=O) groups is 1. The van der Waals surface area contributed by atoms with Crippen LogP contribution in [0.15, 0.2) is 18.2 Å². The largest absolute Gasteiger partial charge is 0.322 e. The Bertz CT molecular complexity index is 498. The SMILES string of the molecule is CSC(C)CCN1C(=O)CNC1c1ccc(F)c(F)c1. The van der Waals surface area contributed by atoms with Crippen LogP contribution in [0, 0.1) is 11.6 Å². The predicted octanol–water partition coefficient (Wildman–Crippen LogP) is 2.54. The maximum Gasteiger partial charge on any atom is 0.238 e. The lowest BCUT2D eigenvalue weighted by molar-refractivity contribution is -0.128. The van der Waals surface area contributed by atoms with Gasteiger partial charge in [-0.05, 0) is 30.4 Å². The second kappa shape index (κ2) is 6.54. The van der Waals surface area contributed by atoms with E-state index in [0.29, 0.717) is 17.4 Å². The van der Waals surface area contributed by atoms with Gasteiger partial charge >= 0.3 is 0 Å². The van der Waals surface area contributed by atoms with Crippen molar-refractivity contribution < 1.29 is 13.6 Å². The van der Waals surface area contributed by atoms with Crippen molar-refractivity contribution in [3.63, 3.8) is 0 Å². The van der Waals surface area contributed by atoms with Crippen LogP contribution in [0.4, 0.5) is 8.78 Å². The third kappa shape index (κ3) is 3.30. The van der Waals surface area contributed by atoms with Gasteiger partial charge in [0.15, 0.2) is 11.6 Å². The van der Waals surface area contributed by atoms with E-state index >= 15 is 0 Å². The third-order valence-electron chi connectivity index (χ3n) is 3.52.